The van der Waals surface area contributed by atoms with Crippen molar-refractivity contribution in [3.05, 3.63) is 0 Å². The van der Waals surface area contributed by atoms with Gasteiger partial charge in [-0.1, -0.05) is 13.8 Å². The summed E-state index contributed by atoms with van der Waals surface area (Å²) in [6.45, 7) is 4.56. The highest BCUT2D eigenvalue weighted by Crippen LogP contribution is 2.20. The molecule has 1 saturated heterocycles. The number of primary amides is 1. The smallest absolute Gasteiger partial charge is 0.326 e. The highest BCUT2D eigenvalue weighted by atomic mass is 16.4. The van der Waals surface area contributed by atoms with Crippen LogP contribution in [0.25, 0.3) is 0 Å². The summed E-state index contributed by atoms with van der Waals surface area (Å²) in [6.07, 6.45) is -1.03. The summed E-state index contributed by atoms with van der Waals surface area (Å²) in [6, 6.07) is -6.63. The van der Waals surface area contributed by atoms with Gasteiger partial charge in [0.15, 0.2) is 5.96 Å². The first-order valence-corrected chi connectivity index (χ1v) is 14.9. The molecule has 1 rings (SSSR count). The third-order valence-electron chi connectivity index (χ3n) is 7.03. The highest BCUT2D eigenvalue weighted by molar-refractivity contribution is 5.97. The fraction of sp³-hybridized carbons (Fsp3) is 0.704. The number of aliphatic hydroxyl groups is 1. The number of nitrogens with two attached hydrogens (primary N) is 4. The fourth-order valence-electron chi connectivity index (χ4n) is 4.81. The maximum absolute atomic E-state index is 13.6. The molecule has 19 heteroatoms. The molecule has 14 N–H and O–H groups in total. The molecule has 6 atom stereocenters. The van der Waals surface area contributed by atoms with Crippen molar-refractivity contribution < 1.29 is 43.8 Å². The van der Waals surface area contributed by atoms with Crippen molar-refractivity contribution in [1.29, 1.82) is 0 Å². The Morgan fingerprint density at radius 1 is 0.891 bits per heavy atom. The Labute approximate surface area is 266 Å². The molecular weight excluding hydrogens is 608 g/mol. The molecule has 0 aromatic heterocycles. The summed E-state index contributed by atoms with van der Waals surface area (Å²) < 4.78 is 0. The van der Waals surface area contributed by atoms with Crippen molar-refractivity contribution in [2.75, 3.05) is 19.6 Å². The van der Waals surface area contributed by atoms with Gasteiger partial charge < -0.3 is 59.3 Å². The number of aliphatic imine (C=N–C) groups is 1. The molecule has 0 spiro atoms. The molecule has 0 unspecified atom stereocenters. The molecule has 1 aliphatic rings. The Balaban J connectivity index is 3.21. The Kier molecular flexibility index (Phi) is 16.4. The number of rotatable bonds is 19. The second kappa shape index (κ2) is 19.1. The molecule has 0 radical (unpaired) electrons. The number of aliphatic carboxylic acids is 1. The summed E-state index contributed by atoms with van der Waals surface area (Å²) in [7, 11) is 0. The van der Waals surface area contributed by atoms with Gasteiger partial charge in [-0.05, 0) is 44.9 Å². The molecule has 260 valence electrons. The lowest BCUT2D eigenvalue weighted by Gasteiger charge is -2.30. The van der Waals surface area contributed by atoms with E-state index < -0.39 is 90.7 Å². The largest absolute Gasteiger partial charge is 0.480 e. The summed E-state index contributed by atoms with van der Waals surface area (Å²) in [5, 5.41) is 29.5. The lowest BCUT2D eigenvalue weighted by atomic mass is 10.0. The number of guanidine groups is 1. The third kappa shape index (κ3) is 13.2. The topological polar surface area (TPSA) is 328 Å². The lowest BCUT2D eigenvalue weighted by molar-refractivity contribution is -0.149. The Morgan fingerprint density at radius 3 is 2.02 bits per heavy atom. The molecule has 6 amide bonds. The number of aliphatic hydroxyl groups excluding tert-OH is 1. The predicted octanol–water partition coefficient (Wildman–Crippen LogP) is -4.68. The van der Waals surface area contributed by atoms with Crippen LogP contribution >= 0.6 is 0 Å². The van der Waals surface area contributed by atoms with E-state index in [0.29, 0.717) is 6.42 Å². The zero-order valence-electron chi connectivity index (χ0n) is 26.4. The van der Waals surface area contributed by atoms with Crippen molar-refractivity contribution in [3.8, 4) is 0 Å². The standard InChI is InChI=1S/C27H48N10O9/c1-13(2)10-16(35-24(43)21(14(3)38)36-23(42)17(11-19(29)39)33-20(40)12-28)22(41)34-15(6-4-8-32-27(30)31)25(44)37-9-5-7-18(37)26(45)46/h13-18,21,38H,4-12,28H2,1-3H3,(H2,29,39)(H,33,40)(H,34,41)(H,35,43)(H,36,42)(H,45,46)(H4,30,31,32)/t14-,15+,16+,17+,18+,21+/m1/s1. The van der Waals surface area contributed by atoms with Crippen molar-refractivity contribution in [3.63, 3.8) is 0 Å². The van der Waals surface area contributed by atoms with Crippen LogP contribution in [0, 0.1) is 5.92 Å². The normalized spacial score (nSPS) is 17.5. The maximum Gasteiger partial charge on any atom is 0.326 e. The molecule has 1 fully saturated rings. The quantitative estimate of drug-likeness (QED) is 0.0356. The lowest BCUT2D eigenvalue weighted by Crippen LogP contribution is -2.61. The van der Waals surface area contributed by atoms with E-state index in [-0.39, 0.29) is 50.7 Å². The highest BCUT2D eigenvalue weighted by Gasteiger charge is 2.39. The van der Waals surface area contributed by atoms with Crippen LogP contribution in [0.5, 0.6) is 0 Å². The van der Waals surface area contributed by atoms with Gasteiger partial charge in [0.2, 0.25) is 35.4 Å². The van der Waals surface area contributed by atoms with E-state index in [0.717, 1.165) is 0 Å². The van der Waals surface area contributed by atoms with E-state index in [4.69, 9.17) is 22.9 Å². The van der Waals surface area contributed by atoms with Gasteiger partial charge >= 0.3 is 5.97 Å². The zero-order chi connectivity index (χ0) is 35.1. The molecule has 0 saturated carbocycles. The second-order valence-corrected chi connectivity index (χ2v) is 11.5. The number of carboxylic acid groups (broad SMARTS) is 1. The van der Waals surface area contributed by atoms with Crippen LogP contribution in [0.1, 0.15) is 59.3 Å². The Bertz CT molecular complexity index is 1140. The number of amides is 6. The average Bonchev–Trinajstić information content (AvgIpc) is 3.45. The molecular formula is C27H48N10O9. The molecule has 1 heterocycles. The first-order valence-electron chi connectivity index (χ1n) is 14.9. The molecule has 0 aliphatic carbocycles. The number of likely N-dealkylation sites (tertiary alicyclic amines) is 1. The molecule has 46 heavy (non-hydrogen) atoms. The molecule has 0 bridgehead atoms. The Morgan fingerprint density at radius 2 is 1.50 bits per heavy atom. The van der Waals surface area contributed by atoms with E-state index >= 15 is 0 Å². The molecule has 0 aromatic rings. The molecule has 19 nitrogen and oxygen atoms in total. The van der Waals surface area contributed by atoms with Crippen molar-refractivity contribution >= 4 is 47.4 Å². The minimum atomic E-state index is -1.64. The predicted molar refractivity (Wildman–Crippen MR) is 164 cm³/mol. The van der Waals surface area contributed by atoms with Gasteiger partial charge in [0.25, 0.3) is 0 Å². The fourth-order valence-corrected chi connectivity index (χ4v) is 4.81. The number of carbonyl (C=O) groups is 7. The third-order valence-corrected chi connectivity index (χ3v) is 7.03. The summed E-state index contributed by atoms with van der Waals surface area (Å²) in [5.41, 5.74) is 21.2. The van der Waals surface area contributed by atoms with Crippen molar-refractivity contribution in [2.45, 2.75) is 95.6 Å². The van der Waals surface area contributed by atoms with E-state index in [1.165, 1.54) is 11.8 Å². The van der Waals surface area contributed by atoms with Crippen LogP contribution in [0.15, 0.2) is 4.99 Å². The number of nitrogens with one attached hydrogen (secondary N) is 4. The van der Waals surface area contributed by atoms with Gasteiger partial charge in [-0.25, -0.2) is 4.79 Å². The van der Waals surface area contributed by atoms with Crippen LogP contribution in [-0.4, -0.2) is 118 Å². The number of nitrogens with zero attached hydrogens (tertiary/aromatic N) is 2. The van der Waals surface area contributed by atoms with E-state index in [1.54, 1.807) is 13.8 Å². The van der Waals surface area contributed by atoms with Crippen LogP contribution < -0.4 is 44.2 Å². The van der Waals surface area contributed by atoms with Crippen LogP contribution in [0.2, 0.25) is 0 Å². The Hall–Kier alpha value is -4.52. The second-order valence-electron chi connectivity index (χ2n) is 11.5. The maximum atomic E-state index is 13.6. The van der Waals surface area contributed by atoms with Crippen LogP contribution in [0.3, 0.4) is 0 Å². The van der Waals surface area contributed by atoms with Gasteiger partial charge in [0, 0.05) is 13.1 Å². The number of carboxylic acids is 1. The van der Waals surface area contributed by atoms with Crippen molar-refractivity contribution in [1.82, 2.24) is 26.2 Å². The van der Waals surface area contributed by atoms with Crippen LogP contribution in [-0.2, 0) is 33.6 Å². The summed E-state index contributed by atoms with van der Waals surface area (Å²) in [5.74, 6) is -6.60. The zero-order valence-corrected chi connectivity index (χ0v) is 26.4. The van der Waals surface area contributed by atoms with E-state index in [1.807, 2.05) is 0 Å². The summed E-state index contributed by atoms with van der Waals surface area (Å²) in [4.78, 5) is 93.2. The van der Waals surface area contributed by atoms with Gasteiger partial charge in [0.1, 0.15) is 30.2 Å². The van der Waals surface area contributed by atoms with Crippen molar-refractivity contribution in [2.24, 2.45) is 33.8 Å². The first-order chi connectivity index (χ1) is 21.5. The van der Waals surface area contributed by atoms with Gasteiger partial charge in [0.05, 0.1) is 19.1 Å². The van der Waals surface area contributed by atoms with E-state index in [9.17, 15) is 43.8 Å². The van der Waals surface area contributed by atoms with Crippen LogP contribution in [0.4, 0.5) is 0 Å². The van der Waals surface area contributed by atoms with Gasteiger partial charge in [-0.2, -0.15) is 0 Å². The molecule has 1 aliphatic heterocycles. The number of hydrogen-bond donors (Lipinski definition) is 10. The SMILES string of the molecule is CC(C)C[C@H](NC(=O)[C@@H](NC(=O)[C@H](CC(N)=O)NC(=O)CN)[C@@H](C)O)C(=O)N[C@@H](CCCN=C(N)N)C(=O)N1CCC[C@H]1C(=O)O. The van der Waals surface area contributed by atoms with E-state index in [2.05, 4.69) is 26.3 Å². The van der Waals surface area contributed by atoms with Gasteiger partial charge in [-0.3, -0.25) is 33.8 Å². The number of hydrogen-bond acceptors (Lipinski definition) is 10. The van der Waals surface area contributed by atoms with Gasteiger partial charge in [-0.15, -0.1) is 0 Å². The molecule has 0 aromatic carbocycles. The average molecular weight is 657 g/mol. The summed E-state index contributed by atoms with van der Waals surface area (Å²) >= 11 is 0. The minimum absolute atomic E-state index is 0.0503. The first kappa shape index (κ1) is 39.5. The monoisotopic (exact) mass is 656 g/mol. The minimum Gasteiger partial charge on any atom is -0.480 e. The number of carbonyl (C=O) groups excluding carboxylic acids is 6.